The van der Waals surface area contributed by atoms with E-state index in [9.17, 15) is 22.8 Å². The number of esters is 1. The van der Waals surface area contributed by atoms with Gasteiger partial charge in [0, 0.05) is 33.7 Å². The van der Waals surface area contributed by atoms with Gasteiger partial charge in [0.2, 0.25) is 5.78 Å². The average molecular weight is 492 g/mol. The van der Waals surface area contributed by atoms with Crippen LogP contribution in [-0.2, 0) is 23.8 Å². The number of ether oxygens (including phenoxy) is 1. The molecule has 0 spiro atoms. The van der Waals surface area contributed by atoms with Crippen molar-refractivity contribution in [3.63, 3.8) is 0 Å². The summed E-state index contributed by atoms with van der Waals surface area (Å²) in [5.41, 5.74) is 3.81. The van der Waals surface area contributed by atoms with Gasteiger partial charge in [0.1, 0.15) is 0 Å². The molecule has 0 saturated heterocycles. The molecule has 0 saturated carbocycles. The van der Waals surface area contributed by atoms with E-state index in [-0.39, 0.29) is 0 Å². The molecule has 4 aromatic rings. The van der Waals surface area contributed by atoms with Gasteiger partial charge < -0.3 is 9.30 Å². The number of aryl methyl sites for hydroxylation is 2. The average Bonchev–Trinajstić information content (AvgIpc) is 3.43. The highest BCUT2D eigenvalue weighted by Crippen LogP contribution is 2.32. The minimum atomic E-state index is -4.48. The minimum absolute atomic E-state index is 0.294. The maximum absolute atomic E-state index is 13.2. The molecule has 8 heteroatoms. The van der Waals surface area contributed by atoms with E-state index in [0.717, 1.165) is 42.7 Å². The zero-order chi connectivity index (χ0) is 25.6. The number of carbonyl (C=O) groups is 2. The molecule has 0 unspecified atom stereocenters. The number of benzene rings is 2. The lowest BCUT2D eigenvalue weighted by Crippen LogP contribution is -2.17. The van der Waals surface area contributed by atoms with Gasteiger partial charge in [0.15, 0.2) is 6.61 Å². The van der Waals surface area contributed by atoms with Gasteiger partial charge >= 0.3 is 12.1 Å². The number of hydrogen-bond donors (Lipinski definition) is 0. The van der Waals surface area contributed by atoms with E-state index in [1.54, 1.807) is 30.5 Å². The van der Waals surface area contributed by atoms with Crippen molar-refractivity contribution in [1.29, 1.82) is 0 Å². The lowest BCUT2D eigenvalue weighted by Gasteiger charge is -2.13. The number of carbonyl (C=O) groups excluding carboxylic acids is 2. The number of halogens is 3. The lowest BCUT2D eigenvalue weighted by atomic mass is 10.0. The fourth-order valence-corrected chi connectivity index (χ4v) is 4.99. The van der Waals surface area contributed by atoms with Crippen molar-refractivity contribution < 1.29 is 27.5 Å². The first-order chi connectivity index (χ1) is 17.1. The zero-order valence-corrected chi connectivity index (χ0v) is 19.8. The van der Waals surface area contributed by atoms with Crippen LogP contribution in [0, 0.1) is 13.8 Å². The molecule has 5 nitrogen and oxygen atoms in total. The topological polar surface area (TPSA) is 61.2 Å². The summed E-state index contributed by atoms with van der Waals surface area (Å²) in [7, 11) is 0. The van der Waals surface area contributed by atoms with Crippen LogP contribution in [0.1, 0.15) is 55.3 Å². The van der Waals surface area contributed by atoms with E-state index in [1.165, 1.54) is 6.07 Å². The summed E-state index contributed by atoms with van der Waals surface area (Å²) in [6.45, 7) is 2.89. The number of rotatable bonds is 5. The smallest absolute Gasteiger partial charge is 0.416 e. The van der Waals surface area contributed by atoms with Crippen molar-refractivity contribution in [2.45, 2.75) is 39.3 Å². The molecule has 0 radical (unpaired) electrons. The van der Waals surface area contributed by atoms with Crippen LogP contribution in [0.4, 0.5) is 13.2 Å². The molecule has 0 aliphatic heterocycles. The maximum Gasteiger partial charge on any atom is 0.416 e. The third kappa shape index (κ3) is 4.17. The summed E-state index contributed by atoms with van der Waals surface area (Å²) < 4.78 is 46.7. The summed E-state index contributed by atoms with van der Waals surface area (Å²) in [6, 6.07) is 13.9. The number of pyridine rings is 1. The second kappa shape index (κ2) is 8.93. The minimum Gasteiger partial charge on any atom is -0.454 e. The monoisotopic (exact) mass is 492 g/mol. The standard InChI is InChI=1S/C28H23F3N2O3/c1-16-13-22(17(2)33(16)19-8-5-7-18(14-19)28(29,30)31)25(34)15-36-27(35)26-20-9-3-4-11-23(20)32-24-12-6-10-21(24)26/h3-5,7-9,11,13-14H,6,10,12,15H2,1-2H3. The summed E-state index contributed by atoms with van der Waals surface area (Å²) in [4.78, 5) is 30.9. The van der Waals surface area contributed by atoms with E-state index in [0.29, 0.717) is 39.1 Å². The van der Waals surface area contributed by atoms with Gasteiger partial charge in [0.05, 0.1) is 16.6 Å². The molecule has 0 N–H and O–H groups in total. The van der Waals surface area contributed by atoms with Crippen molar-refractivity contribution in [2.24, 2.45) is 0 Å². The Kier molecular flexibility index (Phi) is 5.90. The zero-order valence-electron chi connectivity index (χ0n) is 19.8. The van der Waals surface area contributed by atoms with E-state index < -0.39 is 30.1 Å². The Hall–Kier alpha value is -3.94. The Bertz CT molecular complexity index is 1520. The molecule has 1 aliphatic carbocycles. The van der Waals surface area contributed by atoms with E-state index >= 15 is 0 Å². The van der Waals surface area contributed by atoms with E-state index in [2.05, 4.69) is 4.98 Å². The summed E-state index contributed by atoms with van der Waals surface area (Å²) in [5, 5.41) is 0.693. The quantitative estimate of drug-likeness (QED) is 0.246. The Labute approximate surface area is 205 Å². The summed E-state index contributed by atoms with van der Waals surface area (Å²) in [5.74, 6) is -1.00. The maximum atomic E-state index is 13.2. The Morgan fingerprint density at radius 1 is 1.03 bits per heavy atom. The van der Waals surface area contributed by atoms with Crippen molar-refractivity contribution in [1.82, 2.24) is 9.55 Å². The number of Topliss-reactive ketones (excluding diaryl/α,β-unsaturated/α-hetero) is 1. The fraction of sp³-hybridized carbons (Fsp3) is 0.250. The number of para-hydroxylation sites is 1. The van der Waals surface area contributed by atoms with Gasteiger partial charge in [-0.3, -0.25) is 9.78 Å². The van der Waals surface area contributed by atoms with Crippen LogP contribution >= 0.6 is 0 Å². The molecular formula is C28H23F3N2O3. The van der Waals surface area contributed by atoms with E-state index in [4.69, 9.17) is 4.74 Å². The number of fused-ring (bicyclic) bond motifs is 2. The Morgan fingerprint density at radius 3 is 2.58 bits per heavy atom. The molecule has 1 aliphatic rings. The molecule has 36 heavy (non-hydrogen) atoms. The molecule has 0 bridgehead atoms. The van der Waals surface area contributed by atoms with Crippen LogP contribution in [0.15, 0.2) is 54.6 Å². The van der Waals surface area contributed by atoms with Crippen molar-refractivity contribution in [3.8, 4) is 5.69 Å². The molecule has 2 aromatic heterocycles. The molecular weight excluding hydrogens is 469 g/mol. The number of alkyl halides is 3. The molecule has 0 fully saturated rings. The molecule has 5 rings (SSSR count). The van der Waals surface area contributed by atoms with Crippen LogP contribution in [-0.4, -0.2) is 27.9 Å². The number of aromatic nitrogens is 2. The van der Waals surface area contributed by atoms with Gasteiger partial charge in [-0.15, -0.1) is 0 Å². The second-order valence-corrected chi connectivity index (χ2v) is 8.95. The highest BCUT2D eigenvalue weighted by Gasteiger charge is 2.31. The largest absolute Gasteiger partial charge is 0.454 e. The molecule has 0 atom stereocenters. The van der Waals surface area contributed by atoms with Crippen molar-refractivity contribution in [2.75, 3.05) is 6.61 Å². The third-order valence-corrected chi connectivity index (χ3v) is 6.62. The van der Waals surface area contributed by atoms with Crippen molar-refractivity contribution in [3.05, 3.63) is 93.9 Å². The molecule has 184 valence electrons. The van der Waals surface area contributed by atoms with Crippen LogP contribution < -0.4 is 0 Å². The predicted molar refractivity (Wildman–Crippen MR) is 129 cm³/mol. The Morgan fingerprint density at radius 2 is 1.81 bits per heavy atom. The van der Waals surface area contributed by atoms with Gasteiger partial charge in [-0.1, -0.05) is 24.3 Å². The normalized spacial score (nSPS) is 13.1. The lowest BCUT2D eigenvalue weighted by molar-refractivity contribution is -0.137. The Balaban J connectivity index is 1.40. The number of hydrogen-bond acceptors (Lipinski definition) is 4. The van der Waals surface area contributed by atoms with E-state index in [1.807, 2.05) is 24.3 Å². The second-order valence-electron chi connectivity index (χ2n) is 8.95. The van der Waals surface area contributed by atoms with Crippen molar-refractivity contribution >= 4 is 22.7 Å². The van der Waals surface area contributed by atoms with Gasteiger partial charge in [-0.25, -0.2) is 4.79 Å². The molecule has 0 amide bonds. The summed E-state index contributed by atoms with van der Waals surface area (Å²) >= 11 is 0. The molecule has 2 aromatic carbocycles. The number of nitrogens with zero attached hydrogens (tertiary/aromatic N) is 2. The SMILES string of the molecule is Cc1cc(C(=O)COC(=O)c2c3c(nc4ccccc24)CCC3)c(C)n1-c1cccc(C(F)(F)F)c1. The molecule has 2 heterocycles. The van der Waals surface area contributed by atoms with Gasteiger partial charge in [-0.2, -0.15) is 13.2 Å². The summed E-state index contributed by atoms with van der Waals surface area (Å²) in [6.07, 6.45) is -2.06. The van der Waals surface area contributed by atoms with Crippen LogP contribution in [0.5, 0.6) is 0 Å². The van der Waals surface area contributed by atoms with Crippen LogP contribution in [0.25, 0.3) is 16.6 Å². The third-order valence-electron chi connectivity index (χ3n) is 6.62. The fourth-order valence-electron chi connectivity index (χ4n) is 4.99. The first-order valence-electron chi connectivity index (χ1n) is 11.6. The van der Waals surface area contributed by atoms with Gasteiger partial charge in [0.25, 0.3) is 0 Å². The van der Waals surface area contributed by atoms with Crippen LogP contribution in [0.3, 0.4) is 0 Å². The first-order valence-corrected chi connectivity index (χ1v) is 11.6. The predicted octanol–water partition coefficient (Wildman–Crippen LogP) is 6.19. The number of ketones is 1. The highest BCUT2D eigenvalue weighted by atomic mass is 19.4. The van der Waals surface area contributed by atoms with Crippen LogP contribution in [0.2, 0.25) is 0 Å². The van der Waals surface area contributed by atoms with Gasteiger partial charge in [-0.05, 0) is 69.0 Å². The highest BCUT2D eigenvalue weighted by molar-refractivity contribution is 6.07. The first kappa shape index (κ1) is 23.8.